The molecular weight excluding hydrogens is 266 g/mol. The zero-order valence-electron chi connectivity index (χ0n) is 12.5. The molecule has 0 spiro atoms. The highest BCUT2D eigenvalue weighted by atomic mass is 16.3. The van der Waals surface area contributed by atoms with Gasteiger partial charge >= 0.3 is 0 Å². The minimum absolute atomic E-state index is 0.0126. The predicted molar refractivity (Wildman–Crippen MR) is 81.0 cm³/mol. The van der Waals surface area contributed by atoms with E-state index in [1.165, 1.54) is 11.1 Å². The Morgan fingerprint density at radius 3 is 2.48 bits per heavy atom. The van der Waals surface area contributed by atoms with Crippen molar-refractivity contribution in [2.45, 2.75) is 62.9 Å². The zero-order valence-corrected chi connectivity index (χ0v) is 12.5. The lowest BCUT2D eigenvalue weighted by Gasteiger charge is -2.41. The average Bonchev–Trinajstić information content (AvgIpc) is 2.74. The van der Waals surface area contributed by atoms with Gasteiger partial charge in [0.2, 0.25) is 0 Å². The van der Waals surface area contributed by atoms with Crippen LogP contribution in [0.25, 0.3) is 0 Å². The second-order valence-corrected chi connectivity index (χ2v) is 6.52. The number of hydrogen-bond acceptors (Lipinski definition) is 4. The van der Waals surface area contributed by atoms with E-state index in [4.69, 9.17) is 0 Å². The Kier molecular flexibility index (Phi) is 4.31. The van der Waals surface area contributed by atoms with Gasteiger partial charge in [-0.25, -0.2) is 0 Å². The standard InChI is InChI=1S/C17H25NO3/c1-11-5-7-12(8-6-11)9-13-3-2-4-14-16(20)17(21)15(10-19)18(13)14/h5-8,13-17,19-21H,2-4,9-10H2,1H3/t13?,14-,15+,16+,17+/m1/s1. The van der Waals surface area contributed by atoms with Gasteiger partial charge in [0.05, 0.1) is 24.9 Å². The van der Waals surface area contributed by atoms with E-state index in [1.54, 1.807) is 0 Å². The second kappa shape index (κ2) is 6.05. The first-order chi connectivity index (χ1) is 10.1. The van der Waals surface area contributed by atoms with Crippen LogP contribution in [0.2, 0.25) is 0 Å². The quantitative estimate of drug-likeness (QED) is 0.773. The SMILES string of the molecule is Cc1ccc(CC2CCC[C@@H]3[C@H](O)[C@@H](O)[C@H](CO)N23)cc1. The summed E-state index contributed by atoms with van der Waals surface area (Å²) in [5.74, 6) is 0. The highest BCUT2D eigenvalue weighted by Gasteiger charge is 2.50. The lowest BCUT2D eigenvalue weighted by atomic mass is 9.91. The first kappa shape index (κ1) is 15.0. The molecule has 4 heteroatoms. The van der Waals surface area contributed by atoms with Gasteiger partial charge < -0.3 is 15.3 Å². The third-order valence-electron chi connectivity index (χ3n) is 5.14. The molecule has 0 amide bonds. The highest BCUT2D eigenvalue weighted by Crippen LogP contribution is 2.36. The fraction of sp³-hybridized carbons (Fsp3) is 0.647. The summed E-state index contributed by atoms with van der Waals surface area (Å²) in [7, 11) is 0. The number of rotatable bonds is 3. The third-order valence-corrected chi connectivity index (χ3v) is 5.14. The van der Waals surface area contributed by atoms with Gasteiger partial charge in [-0.1, -0.05) is 36.2 Å². The molecule has 1 aromatic rings. The first-order valence-corrected chi connectivity index (χ1v) is 7.92. The number of fused-ring (bicyclic) bond motifs is 1. The summed E-state index contributed by atoms with van der Waals surface area (Å²) in [6.07, 6.45) is 2.37. The van der Waals surface area contributed by atoms with Crippen molar-refractivity contribution in [2.75, 3.05) is 6.61 Å². The molecule has 2 aliphatic heterocycles. The molecule has 5 atom stereocenters. The van der Waals surface area contributed by atoms with E-state index in [-0.39, 0.29) is 24.7 Å². The summed E-state index contributed by atoms with van der Waals surface area (Å²) in [6, 6.07) is 8.48. The normalized spacial score (nSPS) is 36.7. The smallest absolute Gasteiger partial charge is 0.0991 e. The topological polar surface area (TPSA) is 63.9 Å². The Bertz CT molecular complexity index is 465. The van der Waals surface area contributed by atoms with Crippen LogP contribution >= 0.6 is 0 Å². The Balaban J connectivity index is 1.79. The summed E-state index contributed by atoms with van der Waals surface area (Å²) in [5, 5.41) is 30.0. The molecule has 2 fully saturated rings. The molecule has 3 N–H and O–H groups in total. The van der Waals surface area contributed by atoms with Gasteiger partial charge in [-0.2, -0.15) is 0 Å². The number of benzene rings is 1. The number of nitrogens with zero attached hydrogens (tertiary/aromatic N) is 1. The van der Waals surface area contributed by atoms with Crippen LogP contribution in [0, 0.1) is 6.92 Å². The third kappa shape index (κ3) is 2.73. The van der Waals surface area contributed by atoms with Gasteiger partial charge in [0.15, 0.2) is 0 Å². The lowest BCUT2D eigenvalue weighted by molar-refractivity contribution is 0.0167. The molecule has 0 aromatic heterocycles. The highest BCUT2D eigenvalue weighted by molar-refractivity contribution is 5.22. The van der Waals surface area contributed by atoms with Crippen molar-refractivity contribution in [3.05, 3.63) is 35.4 Å². The molecule has 0 saturated carbocycles. The summed E-state index contributed by atoms with van der Waals surface area (Å²) >= 11 is 0. The number of aliphatic hydroxyl groups excluding tert-OH is 3. The van der Waals surface area contributed by atoms with Crippen LogP contribution in [0.5, 0.6) is 0 Å². The zero-order chi connectivity index (χ0) is 15.0. The number of aryl methyl sites for hydroxylation is 1. The summed E-state index contributed by atoms with van der Waals surface area (Å²) < 4.78 is 0. The van der Waals surface area contributed by atoms with Gasteiger partial charge in [0, 0.05) is 12.1 Å². The Hall–Kier alpha value is -0.940. The largest absolute Gasteiger partial charge is 0.395 e. The Morgan fingerprint density at radius 1 is 1.10 bits per heavy atom. The van der Waals surface area contributed by atoms with Crippen molar-refractivity contribution in [2.24, 2.45) is 0 Å². The van der Waals surface area contributed by atoms with Gasteiger partial charge in [0.25, 0.3) is 0 Å². The maximum Gasteiger partial charge on any atom is 0.0991 e. The van der Waals surface area contributed by atoms with Crippen molar-refractivity contribution in [3.8, 4) is 0 Å². The number of hydrogen-bond donors (Lipinski definition) is 3. The number of aliphatic hydroxyl groups is 3. The fourth-order valence-electron chi connectivity index (χ4n) is 4.03. The molecule has 0 radical (unpaired) electrons. The van der Waals surface area contributed by atoms with Crippen LogP contribution in [-0.4, -0.2) is 57.2 Å². The maximum absolute atomic E-state index is 10.2. The fourth-order valence-corrected chi connectivity index (χ4v) is 4.03. The molecule has 116 valence electrons. The molecule has 2 aliphatic rings. The molecule has 0 aliphatic carbocycles. The van der Waals surface area contributed by atoms with E-state index < -0.39 is 12.2 Å². The van der Waals surface area contributed by atoms with Crippen LogP contribution in [-0.2, 0) is 6.42 Å². The van der Waals surface area contributed by atoms with E-state index >= 15 is 0 Å². The minimum atomic E-state index is -0.835. The minimum Gasteiger partial charge on any atom is -0.395 e. The molecule has 0 bridgehead atoms. The first-order valence-electron chi connectivity index (χ1n) is 7.92. The van der Waals surface area contributed by atoms with Crippen molar-refractivity contribution < 1.29 is 15.3 Å². The van der Waals surface area contributed by atoms with E-state index in [0.717, 1.165) is 25.7 Å². The van der Waals surface area contributed by atoms with Crippen LogP contribution in [0.1, 0.15) is 30.4 Å². The Labute approximate surface area is 126 Å². The van der Waals surface area contributed by atoms with Crippen molar-refractivity contribution >= 4 is 0 Å². The van der Waals surface area contributed by atoms with Crippen LogP contribution in [0.15, 0.2) is 24.3 Å². The van der Waals surface area contributed by atoms with Crippen LogP contribution < -0.4 is 0 Å². The van der Waals surface area contributed by atoms with Gasteiger partial charge in [-0.3, -0.25) is 4.90 Å². The molecular formula is C17H25NO3. The van der Waals surface area contributed by atoms with E-state index in [2.05, 4.69) is 36.1 Å². The molecule has 21 heavy (non-hydrogen) atoms. The molecule has 1 aromatic carbocycles. The van der Waals surface area contributed by atoms with Crippen molar-refractivity contribution in [3.63, 3.8) is 0 Å². The van der Waals surface area contributed by atoms with Crippen molar-refractivity contribution in [1.82, 2.24) is 4.90 Å². The van der Waals surface area contributed by atoms with E-state index in [1.807, 2.05) is 0 Å². The van der Waals surface area contributed by atoms with Crippen molar-refractivity contribution in [1.29, 1.82) is 0 Å². The van der Waals surface area contributed by atoms with Crippen LogP contribution in [0.4, 0.5) is 0 Å². The molecule has 2 saturated heterocycles. The monoisotopic (exact) mass is 291 g/mol. The average molecular weight is 291 g/mol. The number of piperidine rings is 1. The predicted octanol–water partition coefficient (Wildman–Crippen LogP) is 0.857. The maximum atomic E-state index is 10.2. The van der Waals surface area contributed by atoms with E-state index in [0.29, 0.717) is 0 Å². The summed E-state index contributed by atoms with van der Waals surface area (Å²) in [6.45, 7) is 1.98. The molecule has 1 unspecified atom stereocenters. The molecule has 2 heterocycles. The second-order valence-electron chi connectivity index (χ2n) is 6.52. The van der Waals surface area contributed by atoms with Gasteiger partial charge in [-0.05, 0) is 31.7 Å². The summed E-state index contributed by atoms with van der Waals surface area (Å²) in [4.78, 5) is 2.18. The molecule has 3 rings (SSSR count). The summed E-state index contributed by atoms with van der Waals surface area (Å²) in [5.41, 5.74) is 2.53. The van der Waals surface area contributed by atoms with E-state index in [9.17, 15) is 15.3 Å². The lowest BCUT2D eigenvalue weighted by Crippen LogP contribution is -2.51. The van der Waals surface area contributed by atoms with Gasteiger partial charge in [-0.15, -0.1) is 0 Å². The Morgan fingerprint density at radius 2 is 1.81 bits per heavy atom. The van der Waals surface area contributed by atoms with Crippen LogP contribution in [0.3, 0.4) is 0 Å². The molecule has 4 nitrogen and oxygen atoms in total. The van der Waals surface area contributed by atoms with Gasteiger partial charge in [0.1, 0.15) is 0 Å².